The molecule has 0 fully saturated rings. The highest BCUT2D eigenvalue weighted by molar-refractivity contribution is 5.42. The second-order valence-corrected chi connectivity index (χ2v) is 4.94. The third kappa shape index (κ3) is 2.20. The predicted octanol–water partition coefficient (Wildman–Crippen LogP) is 1.40. The quantitative estimate of drug-likeness (QED) is 0.754. The summed E-state index contributed by atoms with van der Waals surface area (Å²) in [5.41, 5.74) is 8.26. The lowest BCUT2D eigenvalue weighted by Gasteiger charge is -2.26. The Hall–Kier alpha value is -1.06. The van der Waals surface area contributed by atoms with Gasteiger partial charge in [-0.05, 0) is 17.2 Å². The Kier molecular flexibility index (Phi) is 3.17. The average Bonchev–Trinajstić information content (AvgIpc) is 2.73. The van der Waals surface area contributed by atoms with Gasteiger partial charge >= 0.3 is 0 Å². The van der Waals surface area contributed by atoms with Gasteiger partial charge in [0.25, 0.3) is 0 Å². The van der Waals surface area contributed by atoms with Gasteiger partial charge in [0.05, 0.1) is 6.61 Å². The third-order valence-electron chi connectivity index (χ3n) is 3.18. The van der Waals surface area contributed by atoms with Crippen molar-refractivity contribution in [1.29, 1.82) is 0 Å². The van der Waals surface area contributed by atoms with Crippen molar-refractivity contribution in [1.82, 2.24) is 5.32 Å². The zero-order valence-corrected chi connectivity index (χ0v) is 10.0. The van der Waals surface area contributed by atoms with Gasteiger partial charge in [0.15, 0.2) is 0 Å². The Balaban J connectivity index is 2.20. The molecule has 0 amide bonds. The van der Waals surface area contributed by atoms with Gasteiger partial charge < -0.3 is 15.8 Å². The summed E-state index contributed by atoms with van der Waals surface area (Å²) in [6.07, 6.45) is 1.03. The number of nitrogens with two attached hydrogens (primary N) is 1. The molecule has 3 N–H and O–H groups in total. The molecule has 0 bridgehead atoms. The maximum atomic E-state index is 5.51. The van der Waals surface area contributed by atoms with Crippen molar-refractivity contribution in [2.45, 2.75) is 25.7 Å². The van der Waals surface area contributed by atoms with Crippen molar-refractivity contribution in [2.75, 3.05) is 19.8 Å². The molecular formula is C13H20N2O. The highest BCUT2D eigenvalue weighted by Gasteiger charge is 2.22. The topological polar surface area (TPSA) is 47.3 Å². The molecule has 0 aliphatic carbocycles. The zero-order valence-electron chi connectivity index (χ0n) is 10.0. The minimum absolute atomic E-state index is 0.108. The van der Waals surface area contributed by atoms with E-state index in [0.717, 1.165) is 25.3 Å². The number of ether oxygens (including phenoxy) is 1. The third-order valence-corrected chi connectivity index (χ3v) is 3.18. The highest BCUT2D eigenvalue weighted by Crippen LogP contribution is 2.31. The van der Waals surface area contributed by atoms with E-state index in [1.54, 1.807) is 0 Å². The van der Waals surface area contributed by atoms with E-state index in [2.05, 4.69) is 37.4 Å². The fourth-order valence-corrected chi connectivity index (χ4v) is 2.09. The molecule has 3 heteroatoms. The van der Waals surface area contributed by atoms with E-state index >= 15 is 0 Å². The lowest BCUT2D eigenvalue weighted by atomic mass is 9.83. The van der Waals surface area contributed by atoms with E-state index < -0.39 is 0 Å². The largest absolute Gasteiger partial charge is 0.493 e. The Morgan fingerprint density at radius 3 is 3.00 bits per heavy atom. The lowest BCUT2D eigenvalue weighted by molar-refractivity contribution is 0.356. The second-order valence-electron chi connectivity index (χ2n) is 4.94. The van der Waals surface area contributed by atoms with Crippen LogP contribution in [0.2, 0.25) is 0 Å². The summed E-state index contributed by atoms with van der Waals surface area (Å²) in [5, 5.41) is 3.20. The number of hydrogen-bond donors (Lipinski definition) is 2. The predicted molar refractivity (Wildman–Crippen MR) is 65.7 cm³/mol. The second kappa shape index (κ2) is 4.44. The number of hydrogen-bond acceptors (Lipinski definition) is 3. The standard InChI is InChI=1S/C13H20N2O/c1-13(2,8-15-9-14)11-3-4-12-10(7-11)5-6-16-12/h3-4,7,15H,5-6,8-9,14H2,1-2H3. The van der Waals surface area contributed by atoms with Crippen molar-refractivity contribution in [3.8, 4) is 5.75 Å². The maximum absolute atomic E-state index is 5.51. The van der Waals surface area contributed by atoms with Gasteiger partial charge in [-0.15, -0.1) is 0 Å². The molecule has 0 saturated heterocycles. The number of rotatable bonds is 4. The van der Waals surface area contributed by atoms with Crippen molar-refractivity contribution in [2.24, 2.45) is 5.73 Å². The summed E-state index contributed by atoms with van der Waals surface area (Å²) < 4.78 is 5.51. The molecule has 0 saturated carbocycles. The van der Waals surface area contributed by atoms with Gasteiger partial charge in [0, 0.05) is 25.0 Å². The first kappa shape index (κ1) is 11.4. The number of benzene rings is 1. The van der Waals surface area contributed by atoms with Crippen LogP contribution >= 0.6 is 0 Å². The van der Waals surface area contributed by atoms with Crippen LogP contribution in [-0.4, -0.2) is 19.8 Å². The van der Waals surface area contributed by atoms with Crippen LogP contribution in [0, 0.1) is 0 Å². The average molecular weight is 220 g/mol. The van der Waals surface area contributed by atoms with E-state index in [4.69, 9.17) is 10.5 Å². The molecule has 1 aromatic rings. The fraction of sp³-hybridized carbons (Fsp3) is 0.538. The van der Waals surface area contributed by atoms with Crippen molar-refractivity contribution in [3.05, 3.63) is 29.3 Å². The Morgan fingerprint density at radius 2 is 2.25 bits per heavy atom. The van der Waals surface area contributed by atoms with E-state index in [1.165, 1.54) is 11.1 Å². The summed E-state index contributed by atoms with van der Waals surface area (Å²) >= 11 is 0. The summed E-state index contributed by atoms with van der Waals surface area (Å²) in [5.74, 6) is 1.05. The molecule has 16 heavy (non-hydrogen) atoms. The summed E-state index contributed by atoms with van der Waals surface area (Å²) in [4.78, 5) is 0. The summed E-state index contributed by atoms with van der Waals surface area (Å²) in [6, 6.07) is 6.50. The van der Waals surface area contributed by atoms with Gasteiger partial charge in [-0.1, -0.05) is 26.0 Å². The monoisotopic (exact) mass is 220 g/mol. The first-order valence-electron chi connectivity index (χ1n) is 5.80. The van der Waals surface area contributed by atoms with E-state index in [1.807, 2.05) is 0 Å². The van der Waals surface area contributed by atoms with Crippen LogP contribution in [0.4, 0.5) is 0 Å². The van der Waals surface area contributed by atoms with Crippen LogP contribution in [0.5, 0.6) is 5.75 Å². The van der Waals surface area contributed by atoms with Gasteiger partial charge in [-0.3, -0.25) is 0 Å². The van der Waals surface area contributed by atoms with Crippen LogP contribution < -0.4 is 15.8 Å². The summed E-state index contributed by atoms with van der Waals surface area (Å²) in [7, 11) is 0. The first-order chi connectivity index (χ1) is 7.63. The molecule has 1 aliphatic heterocycles. The van der Waals surface area contributed by atoms with Crippen molar-refractivity contribution < 1.29 is 4.74 Å². The smallest absolute Gasteiger partial charge is 0.122 e. The SMILES string of the molecule is CC(C)(CNCN)c1ccc2c(c1)CCO2. The zero-order chi connectivity index (χ0) is 11.6. The van der Waals surface area contributed by atoms with Crippen LogP contribution in [0.25, 0.3) is 0 Å². The van der Waals surface area contributed by atoms with Crippen LogP contribution in [0.15, 0.2) is 18.2 Å². The van der Waals surface area contributed by atoms with Gasteiger partial charge in [-0.2, -0.15) is 0 Å². The molecular weight excluding hydrogens is 200 g/mol. The number of fused-ring (bicyclic) bond motifs is 1. The van der Waals surface area contributed by atoms with Gasteiger partial charge in [-0.25, -0.2) is 0 Å². The molecule has 1 aromatic carbocycles. The molecule has 88 valence electrons. The molecule has 0 aromatic heterocycles. The molecule has 2 rings (SSSR count). The fourth-order valence-electron chi connectivity index (χ4n) is 2.09. The molecule has 0 spiro atoms. The maximum Gasteiger partial charge on any atom is 0.122 e. The van der Waals surface area contributed by atoms with Crippen LogP contribution in [-0.2, 0) is 11.8 Å². The molecule has 1 aliphatic rings. The lowest BCUT2D eigenvalue weighted by Crippen LogP contribution is -2.36. The first-order valence-corrected chi connectivity index (χ1v) is 5.80. The normalized spacial score (nSPS) is 14.7. The Labute approximate surface area is 97.0 Å². The van der Waals surface area contributed by atoms with Crippen molar-refractivity contribution in [3.63, 3.8) is 0 Å². The van der Waals surface area contributed by atoms with E-state index in [9.17, 15) is 0 Å². The highest BCUT2D eigenvalue weighted by atomic mass is 16.5. The minimum atomic E-state index is 0.108. The van der Waals surface area contributed by atoms with Crippen molar-refractivity contribution >= 4 is 0 Å². The Morgan fingerprint density at radius 1 is 1.44 bits per heavy atom. The van der Waals surface area contributed by atoms with Gasteiger partial charge in [0.1, 0.15) is 5.75 Å². The van der Waals surface area contributed by atoms with Gasteiger partial charge in [0.2, 0.25) is 0 Å². The summed E-state index contributed by atoms with van der Waals surface area (Å²) in [6.45, 7) is 6.70. The molecule has 1 heterocycles. The van der Waals surface area contributed by atoms with Crippen LogP contribution in [0.1, 0.15) is 25.0 Å². The van der Waals surface area contributed by atoms with E-state index in [-0.39, 0.29) is 5.41 Å². The molecule has 3 nitrogen and oxygen atoms in total. The van der Waals surface area contributed by atoms with Crippen LogP contribution in [0.3, 0.4) is 0 Å². The number of nitrogens with one attached hydrogen (secondary N) is 1. The van der Waals surface area contributed by atoms with E-state index in [0.29, 0.717) is 6.67 Å². The molecule has 0 unspecified atom stereocenters. The molecule has 0 atom stereocenters. The Bertz CT molecular complexity index is 374. The molecule has 0 radical (unpaired) electrons. The minimum Gasteiger partial charge on any atom is -0.493 e.